The number of benzene rings is 1. The van der Waals surface area contributed by atoms with Gasteiger partial charge in [-0.15, -0.1) is 0 Å². The van der Waals surface area contributed by atoms with E-state index in [9.17, 15) is 9.18 Å². The van der Waals surface area contributed by atoms with Gasteiger partial charge < -0.3 is 19.8 Å². The normalized spacial score (nSPS) is 15.5. The highest BCUT2D eigenvalue weighted by Crippen LogP contribution is 2.34. The Balaban J connectivity index is 1.65. The molecule has 0 saturated carbocycles. The lowest BCUT2D eigenvalue weighted by Crippen LogP contribution is -2.45. The van der Waals surface area contributed by atoms with Gasteiger partial charge in [0.1, 0.15) is 17.0 Å². The van der Waals surface area contributed by atoms with Crippen molar-refractivity contribution in [1.82, 2.24) is 19.9 Å². The molecule has 2 aliphatic heterocycles. The van der Waals surface area contributed by atoms with Gasteiger partial charge >= 0.3 is 0 Å². The second-order valence-corrected chi connectivity index (χ2v) is 7.36. The molecular formula is C21H19F2N5O. The molecule has 5 rings (SSSR count). The average molecular weight is 395 g/mol. The number of H-pyrrole nitrogens is 2. The maximum atomic E-state index is 15.3. The zero-order valence-electron chi connectivity index (χ0n) is 15.8. The molecule has 1 saturated heterocycles. The van der Waals surface area contributed by atoms with Gasteiger partial charge in [-0.1, -0.05) is 24.3 Å². The summed E-state index contributed by atoms with van der Waals surface area (Å²) >= 11 is 0. The first kappa shape index (κ1) is 17.8. The number of fused-ring (bicyclic) bond motifs is 2. The van der Waals surface area contributed by atoms with Crippen molar-refractivity contribution in [1.29, 1.82) is 0 Å². The molecule has 3 aliphatic rings. The van der Waals surface area contributed by atoms with Crippen molar-refractivity contribution in [2.75, 3.05) is 38.1 Å². The summed E-state index contributed by atoms with van der Waals surface area (Å²) in [6.07, 6.45) is 0. The Hall–Kier alpha value is -3.26. The number of aromatic nitrogens is 3. The molecule has 148 valence electrons. The van der Waals surface area contributed by atoms with Gasteiger partial charge in [-0.05, 0) is 13.1 Å². The summed E-state index contributed by atoms with van der Waals surface area (Å²) in [7, 11) is 1.98. The summed E-state index contributed by atoms with van der Waals surface area (Å²) in [5.74, 6) is -1.12. The third kappa shape index (κ3) is 2.87. The Morgan fingerprint density at radius 2 is 1.79 bits per heavy atom. The molecule has 6 nitrogen and oxygen atoms in total. The number of nitrogens with one attached hydrogen (secondary N) is 2. The van der Waals surface area contributed by atoms with Crippen molar-refractivity contribution >= 4 is 16.7 Å². The van der Waals surface area contributed by atoms with E-state index in [1.54, 1.807) is 17.0 Å². The first-order valence-corrected chi connectivity index (χ1v) is 9.45. The highest BCUT2D eigenvalue weighted by molar-refractivity contribution is 5.87. The number of anilines is 1. The Morgan fingerprint density at radius 1 is 1.03 bits per heavy atom. The first-order valence-electron chi connectivity index (χ1n) is 9.45. The monoisotopic (exact) mass is 395 g/mol. The number of rotatable bonds is 2. The van der Waals surface area contributed by atoms with E-state index >= 15 is 4.39 Å². The molecule has 1 aromatic heterocycles. The number of imidazole rings is 1. The summed E-state index contributed by atoms with van der Waals surface area (Å²) in [6.45, 7) is 2.54. The zero-order chi connectivity index (χ0) is 20.1. The van der Waals surface area contributed by atoms with Crippen LogP contribution in [0.1, 0.15) is 0 Å². The predicted molar refractivity (Wildman–Crippen MR) is 108 cm³/mol. The molecule has 1 aliphatic carbocycles. The largest absolute Gasteiger partial charge is 0.364 e. The average Bonchev–Trinajstić information content (AvgIpc) is 3.15. The van der Waals surface area contributed by atoms with Crippen molar-refractivity contribution < 1.29 is 8.78 Å². The summed E-state index contributed by atoms with van der Waals surface area (Å²) in [5, 5.41) is 0. The van der Waals surface area contributed by atoms with Crippen LogP contribution in [0.15, 0.2) is 41.2 Å². The number of aromatic amines is 2. The fraction of sp³-hybridized carbons (Fsp3) is 0.238. The van der Waals surface area contributed by atoms with Crippen LogP contribution in [0.5, 0.6) is 0 Å². The van der Waals surface area contributed by atoms with Crippen molar-refractivity contribution in [3.8, 4) is 22.6 Å². The van der Waals surface area contributed by atoms with Crippen LogP contribution < -0.4 is 10.5 Å². The molecule has 2 N–H and O–H groups in total. The molecule has 0 radical (unpaired) electrons. The van der Waals surface area contributed by atoms with E-state index < -0.39 is 11.6 Å². The lowest BCUT2D eigenvalue weighted by atomic mass is 10.1. The maximum Gasteiger partial charge on any atom is 0.260 e. The van der Waals surface area contributed by atoms with Crippen LogP contribution in [0.3, 0.4) is 0 Å². The highest BCUT2D eigenvalue weighted by Gasteiger charge is 2.26. The van der Waals surface area contributed by atoms with E-state index in [2.05, 4.69) is 19.9 Å². The molecule has 2 aromatic rings. The molecule has 0 atom stereocenters. The SMILES string of the molecule is CN1CCN(c2c(F)cc3[nH]c(-c4c5cccccc-5[nH]c4=O)nc3c2F)CC1. The molecule has 8 heteroatoms. The predicted octanol–water partition coefficient (Wildman–Crippen LogP) is 3.05. The van der Waals surface area contributed by atoms with Crippen LogP contribution in [0.4, 0.5) is 14.5 Å². The molecule has 3 heterocycles. The topological polar surface area (TPSA) is 68.0 Å². The molecule has 0 spiro atoms. The first-order chi connectivity index (χ1) is 14.0. The minimum atomic E-state index is -0.704. The van der Waals surface area contributed by atoms with Crippen LogP contribution in [-0.4, -0.2) is 53.1 Å². The minimum absolute atomic E-state index is 0.0318. The summed E-state index contributed by atoms with van der Waals surface area (Å²) in [5.41, 5.74) is 1.50. The third-order valence-corrected chi connectivity index (χ3v) is 5.48. The van der Waals surface area contributed by atoms with Crippen molar-refractivity contribution in [3.63, 3.8) is 0 Å². The van der Waals surface area contributed by atoms with Gasteiger partial charge in [0, 0.05) is 43.5 Å². The smallest absolute Gasteiger partial charge is 0.260 e. The third-order valence-electron chi connectivity index (χ3n) is 5.48. The van der Waals surface area contributed by atoms with E-state index in [0.29, 0.717) is 29.9 Å². The Kier molecular flexibility index (Phi) is 4.09. The molecule has 0 amide bonds. The van der Waals surface area contributed by atoms with Gasteiger partial charge in [0.15, 0.2) is 11.6 Å². The highest BCUT2D eigenvalue weighted by atomic mass is 19.1. The molecule has 1 aromatic carbocycles. The van der Waals surface area contributed by atoms with E-state index in [1.165, 1.54) is 6.07 Å². The van der Waals surface area contributed by atoms with Gasteiger partial charge in [-0.25, -0.2) is 13.8 Å². The fourth-order valence-corrected chi connectivity index (χ4v) is 3.93. The van der Waals surface area contributed by atoms with Crippen LogP contribution >= 0.6 is 0 Å². The number of piperazine rings is 1. The number of likely N-dealkylation sites (N-methyl/N-ethyl adjacent to an activating group) is 1. The van der Waals surface area contributed by atoms with E-state index in [4.69, 9.17) is 0 Å². The van der Waals surface area contributed by atoms with E-state index in [1.807, 2.05) is 25.2 Å². The molecule has 0 unspecified atom stereocenters. The van der Waals surface area contributed by atoms with E-state index in [0.717, 1.165) is 13.1 Å². The van der Waals surface area contributed by atoms with Crippen LogP contribution in [0.2, 0.25) is 0 Å². The lowest BCUT2D eigenvalue weighted by molar-refractivity contribution is 0.310. The van der Waals surface area contributed by atoms with Crippen LogP contribution in [0, 0.1) is 11.6 Å². The standard InChI is InChI=1S/C21H19F2N5O/c1-27-7-9-28(10-8-27)19-13(22)11-15-18(17(19)23)26-20(24-15)16-12-5-3-2-4-6-14(12)25-21(16)29/h2-6,11H,7-10H2,1H3,(H,24,26)(H,25,29). The molecule has 0 bridgehead atoms. The summed E-state index contributed by atoms with van der Waals surface area (Å²) in [6, 6.07) is 10.3. The van der Waals surface area contributed by atoms with Crippen LogP contribution in [-0.2, 0) is 0 Å². The van der Waals surface area contributed by atoms with Crippen LogP contribution in [0.25, 0.3) is 33.7 Å². The quantitative estimate of drug-likeness (QED) is 0.548. The Bertz CT molecular complexity index is 1240. The summed E-state index contributed by atoms with van der Waals surface area (Å²) < 4.78 is 30.1. The van der Waals surface area contributed by atoms with Crippen molar-refractivity contribution in [2.45, 2.75) is 0 Å². The number of halogens is 2. The number of hydrogen-bond acceptors (Lipinski definition) is 4. The number of hydrogen-bond donors (Lipinski definition) is 2. The molecule has 29 heavy (non-hydrogen) atoms. The maximum absolute atomic E-state index is 15.3. The fourth-order valence-electron chi connectivity index (χ4n) is 3.93. The zero-order valence-corrected chi connectivity index (χ0v) is 15.8. The van der Waals surface area contributed by atoms with E-state index in [-0.39, 0.29) is 28.1 Å². The Morgan fingerprint density at radius 3 is 2.59 bits per heavy atom. The second-order valence-electron chi connectivity index (χ2n) is 7.36. The van der Waals surface area contributed by atoms with Gasteiger partial charge in [0.2, 0.25) is 0 Å². The number of nitrogens with zero attached hydrogens (tertiary/aromatic N) is 3. The van der Waals surface area contributed by atoms with Crippen molar-refractivity contribution in [2.24, 2.45) is 0 Å². The second kappa shape index (κ2) is 6.66. The van der Waals surface area contributed by atoms with Crippen molar-refractivity contribution in [3.05, 3.63) is 58.4 Å². The lowest BCUT2D eigenvalue weighted by Gasteiger charge is -2.34. The van der Waals surface area contributed by atoms with Gasteiger partial charge in [0.05, 0.1) is 11.1 Å². The molecular weight excluding hydrogens is 376 g/mol. The van der Waals surface area contributed by atoms with Gasteiger partial charge in [-0.2, -0.15) is 0 Å². The Labute approximate surface area is 165 Å². The molecule has 1 fully saturated rings. The summed E-state index contributed by atoms with van der Waals surface area (Å²) in [4.78, 5) is 26.4. The van der Waals surface area contributed by atoms with Gasteiger partial charge in [0.25, 0.3) is 5.56 Å². The van der Waals surface area contributed by atoms with Gasteiger partial charge in [-0.3, -0.25) is 4.79 Å². The minimum Gasteiger partial charge on any atom is -0.364 e.